The van der Waals surface area contributed by atoms with E-state index in [1.165, 1.54) is 0 Å². The van der Waals surface area contributed by atoms with Gasteiger partial charge in [-0.2, -0.15) is 0 Å². The van der Waals surface area contributed by atoms with Gasteiger partial charge in [0.25, 0.3) is 0 Å². The molecular formula is C5H8ClKO3. The van der Waals surface area contributed by atoms with Crippen LogP contribution in [0.4, 0.5) is 0 Å². The normalized spacial score (nSPS) is 10.0. The Morgan fingerprint density at radius 1 is 1.80 bits per heavy atom. The molecule has 0 aliphatic carbocycles. The summed E-state index contributed by atoms with van der Waals surface area (Å²) in [5, 5.41) is 7.83. The van der Waals surface area contributed by atoms with E-state index in [1.54, 1.807) is 6.92 Å². The van der Waals surface area contributed by atoms with Crippen LogP contribution in [0, 0.1) is 0 Å². The van der Waals surface area contributed by atoms with Crippen LogP contribution in [0.5, 0.6) is 0 Å². The second-order valence-electron chi connectivity index (χ2n) is 1.20. The fraction of sp³-hybridized carbons (Fsp3) is 0.400. The molecule has 54 valence electrons. The van der Waals surface area contributed by atoms with Crippen molar-refractivity contribution in [1.29, 1.82) is 0 Å². The summed E-state index contributed by atoms with van der Waals surface area (Å²) in [7, 11) is 0. The SMILES string of the molecule is CCOC(=O)/C(Cl)=C/O.[KH]. The van der Waals surface area contributed by atoms with E-state index in [9.17, 15) is 4.79 Å². The monoisotopic (exact) mass is 190 g/mol. The third kappa shape index (κ3) is 5.70. The first-order chi connectivity index (χ1) is 4.22. The third-order valence-electron chi connectivity index (χ3n) is 0.584. The molecule has 0 heterocycles. The van der Waals surface area contributed by atoms with E-state index in [1.807, 2.05) is 0 Å². The number of rotatable bonds is 2. The Balaban J connectivity index is 0. The van der Waals surface area contributed by atoms with Crippen LogP contribution in [-0.2, 0) is 9.53 Å². The van der Waals surface area contributed by atoms with Crippen molar-refractivity contribution >= 4 is 69.0 Å². The summed E-state index contributed by atoms with van der Waals surface area (Å²) in [5.41, 5.74) is 0. The number of carbonyl (C=O) groups excluding carboxylic acids is 1. The van der Waals surface area contributed by atoms with Crippen LogP contribution in [-0.4, -0.2) is 69.1 Å². The molecule has 0 saturated heterocycles. The molecule has 0 spiro atoms. The quantitative estimate of drug-likeness (QED) is 0.299. The van der Waals surface area contributed by atoms with Crippen molar-refractivity contribution in [1.82, 2.24) is 0 Å². The van der Waals surface area contributed by atoms with E-state index in [4.69, 9.17) is 16.7 Å². The van der Waals surface area contributed by atoms with Gasteiger partial charge in [0.1, 0.15) is 6.26 Å². The van der Waals surface area contributed by atoms with Gasteiger partial charge in [0.05, 0.1) is 6.61 Å². The zero-order valence-corrected chi connectivity index (χ0v) is 5.68. The van der Waals surface area contributed by atoms with Crippen molar-refractivity contribution in [3.63, 3.8) is 0 Å². The van der Waals surface area contributed by atoms with Gasteiger partial charge in [-0.05, 0) is 6.92 Å². The van der Waals surface area contributed by atoms with Gasteiger partial charge in [0.2, 0.25) is 0 Å². The zero-order chi connectivity index (χ0) is 7.28. The number of hydrogen-bond acceptors (Lipinski definition) is 3. The van der Waals surface area contributed by atoms with Gasteiger partial charge >= 0.3 is 57.4 Å². The molecule has 3 nitrogen and oxygen atoms in total. The second kappa shape index (κ2) is 8.04. The molecular weight excluding hydrogens is 183 g/mol. The van der Waals surface area contributed by atoms with Crippen molar-refractivity contribution in [2.24, 2.45) is 0 Å². The van der Waals surface area contributed by atoms with Crippen molar-refractivity contribution in [2.75, 3.05) is 6.61 Å². The topological polar surface area (TPSA) is 46.5 Å². The van der Waals surface area contributed by atoms with Gasteiger partial charge in [0.15, 0.2) is 5.03 Å². The van der Waals surface area contributed by atoms with Crippen LogP contribution < -0.4 is 0 Å². The summed E-state index contributed by atoms with van der Waals surface area (Å²) in [6, 6.07) is 0. The number of carbonyl (C=O) groups is 1. The molecule has 0 unspecified atom stereocenters. The van der Waals surface area contributed by atoms with Crippen molar-refractivity contribution in [2.45, 2.75) is 6.92 Å². The summed E-state index contributed by atoms with van der Waals surface area (Å²) in [6.07, 6.45) is 0.500. The Morgan fingerprint density at radius 2 is 2.30 bits per heavy atom. The number of ether oxygens (including phenoxy) is 1. The van der Waals surface area contributed by atoms with Crippen molar-refractivity contribution in [3.05, 3.63) is 11.3 Å². The summed E-state index contributed by atoms with van der Waals surface area (Å²) >= 11 is 5.13. The van der Waals surface area contributed by atoms with E-state index in [0.29, 0.717) is 6.26 Å². The number of aliphatic hydroxyl groups is 1. The molecule has 5 heteroatoms. The number of aliphatic hydroxyl groups excluding tert-OH is 1. The van der Waals surface area contributed by atoms with E-state index < -0.39 is 5.97 Å². The predicted molar refractivity (Wildman–Crippen MR) is 40.3 cm³/mol. The van der Waals surface area contributed by atoms with E-state index in [2.05, 4.69) is 4.74 Å². The van der Waals surface area contributed by atoms with Crippen molar-refractivity contribution in [3.8, 4) is 0 Å². The average molecular weight is 191 g/mol. The minimum absolute atomic E-state index is 0. The van der Waals surface area contributed by atoms with Crippen LogP contribution in [0.2, 0.25) is 0 Å². The maximum atomic E-state index is 10.4. The first-order valence-electron chi connectivity index (χ1n) is 2.39. The van der Waals surface area contributed by atoms with Crippen molar-refractivity contribution < 1.29 is 14.6 Å². The summed E-state index contributed by atoms with van der Waals surface area (Å²) < 4.78 is 4.40. The standard InChI is InChI=1S/C5H7ClO3.K.H/c1-2-9-5(8)4(6)3-7;;/h3,7H,2H2,1H3;;/b4-3-;;. The van der Waals surface area contributed by atoms with Gasteiger partial charge in [-0.25, -0.2) is 4.79 Å². The molecule has 0 aliphatic heterocycles. The molecule has 0 radical (unpaired) electrons. The molecule has 0 aliphatic rings. The average Bonchev–Trinajstić information content (AvgIpc) is 1.87. The van der Waals surface area contributed by atoms with Crippen LogP contribution in [0.1, 0.15) is 6.92 Å². The van der Waals surface area contributed by atoms with Gasteiger partial charge in [-0.3, -0.25) is 0 Å². The maximum absolute atomic E-state index is 10.4. The molecule has 0 bridgehead atoms. The fourth-order valence-corrected chi connectivity index (χ4v) is 0.307. The van der Waals surface area contributed by atoms with Gasteiger partial charge in [-0.15, -0.1) is 0 Å². The van der Waals surface area contributed by atoms with Gasteiger partial charge in [0, 0.05) is 0 Å². The first kappa shape index (κ1) is 13.5. The second-order valence-corrected chi connectivity index (χ2v) is 1.60. The Kier molecular flexibility index (Phi) is 10.9. The Labute approximate surface area is 107 Å². The molecule has 0 atom stereocenters. The van der Waals surface area contributed by atoms with Gasteiger partial charge < -0.3 is 9.84 Å². The summed E-state index contributed by atoms with van der Waals surface area (Å²) in [6.45, 7) is 1.91. The molecule has 0 amide bonds. The minimum atomic E-state index is -0.707. The van der Waals surface area contributed by atoms with Crippen LogP contribution in [0.25, 0.3) is 0 Å². The number of hydrogen-bond donors (Lipinski definition) is 1. The summed E-state index contributed by atoms with van der Waals surface area (Å²) in [5.74, 6) is -0.707. The Hall–Kier alpha value is 0.936. The van der Waals surface area contributed by atoms with E-state index in [-0.39, 0.29) is 63.0 Å². The third-order valence-corrected chi connectivity index (χ3v) is 0.836. The Morgan fingerprint density at radius 3 is 2.60 bits per heavy atom. The van der Waals surface area contributed by atoms with Gasteiger partial charge in [-0.1, -0.05) is 11.6 Å². The van der Waals surface area contributed by atoms with E-state index >= 15 is 0 Å². The number of halogens is 1. The van der Waals surface area contributed by atoms with E-state index in [0.717, 1.165) is 0 Å². The van der Waals surface area contributed by atoms with Crippen LogP contribution in [0.15, 0.2) is 11.3 Å². The number of esters is 1. The first-order valence-corrected chi connectivity index (χ1v) is 2.77. The molecule has 10 heavy (non-hydrogen) atoms. The van der Waals surface area contributed by atoms with Crippen LogP contribution in [0.3, 0.4) is 0 Å². The molecule has 0 rings (SSSR count). The molecule has 1 N–H and O–H groups in total. The Bertz CT molecular complexity index is 135. The fourth-order valence-electron chi connectivity index (χ4n) is 0.253. The molecule has 0 aromatic rings. The molecule has 0 fully saturated rings. The molecule has 0 aromatic heterocycles. The predicted octanol–water partition coefficient (Wildman–Crippen LogP) is 0.539. The molecule has 0 saturated carbocycles. The summed E-state index contributed by atoms with van der Waals surface area (Å²) in [4.78, 5) is 10.4. The molecule has 0 aromatic carbocycles. The van der Waals surface area contributed by atoms with Crippen LogP contribution >= 0.6 is 11.6 Å². The zero-order valence-electron chi connectivity index (χ0n) is 4.93.